The van der Waals surface area contributed by atoms with E-state index in [1.807, 2.05) is 24.3 Å². The lowest BCUT2D eigenvalue weighted by Gasteiger charge is -2.15. The quantitative estimate of drug-likeness (QED) is 0.603. The Balaban J connectivity index is 1.70. The van der Waals surface area contributed by atoms with Gasteiger partial charge >= 0.3 is 0 Å². The van der Waals surface area contributed by atoms with Crippen molar-refractivity contribution in [2.75, 3.05) is 33.5 Å². The van der Waals surface area contributed by atoms with Gasteiger partial charge in [-0.1, -0.05) is 18.2 Å². The average Bonchev–Trinajstić information content (AvgIpc) is 3.32. The molecule has 2 rings (SSSR count). The van der Waals surface area contributed by atoms with Crippen LogP contribution in [0, 0.1) is 0 Å². The van der Waals surface area contributed by atoms with Crippen LogP contribution in [0.4, 0.5) is 0 Å². The zero-order chi connectivity index (χ0) is 14.9. The molecule has 0 aliphatic heterocycles. The van der Waals surface area contributed by atoms with Gasteiger partial charge in [0.25, 0.3) is 0 Å². The maximum Gasteiger partial charge on any atom is 0.123 e. The maximum absolute atomic E-state index is 9.82. The number of methoxy groups -OCH3 is 1. The summed E-state index contributed by atoms with van der Waals surface area (Å²) in [5, 5.41) is 13.3. The van der Waals surface area contributed by atoms with Crippen LogP contribution < -0.4 is 10.1 Å². The fourth-order valence-electron chi connectivity index (χ4n) is 1.93. The third-order valence-electron chi connectivity index (χ3n) is 3.30. The van der Waals surface area contributed by atoms with Gasteiger partial charge < -0.3 is 24.6 Å². The first-order valence-corrected chi connectivity index (χ1v) is 7.48. The van der Waals surface area contributed by atoms with Gasteiger partial charge in [0.05, 0.1) is 19.8 Å². The second kappa shape index (κ2) is 9.00. The molecule has 2 N–H and O–H groups in total. The molecule has 1 aromatic rings. The summed E-state index contributed by atoms with van der Waals surface area (Å²) < 4.78 is 15.9. The standard InChI is InChI=1S/C16H25NO4/c1-19-8-9-20-11-15(18)12-21-16-5-3-2-4-13(16)10-17-14-6-7-14/h2-5,14-15,17-18H,6-12H2,1H3. The number of ether oxygens (including phenoxy) is 3. The van der Waals surface area contributed by atoms with Crippen molar-refractivity contribution in [2.24, 2.45) is 0 Å². The summed E-state index contributed by atoms with van der Waals surface area (Å²) >= 11 is 0. The SMILES string of the molecule is COCCOCC(O)COc1ccccc1CNC1CC1. The minimum Gasteiger partial charge on any atom is -0.490 e. The smallest absolute Gasteiger partial charge is 0.123 e. The molecule has 1 aromatic carbocycles. The van der Waals surface area contributed by atoms with Gasteiger partial charge in [-0.05, 0) is 18.9 Å². The van der Waals surface area contributed by atoms with Gasteiger partial charge in [-0.3, -0.25) is 0 Å². The van der Waals surface area contributed by atoms with Crippen LogP contribution in [0.3, 0.4) is 0 Å². The van der Waals surface area contributed by atoms with E-state index in [1.54, 1.807) is 7.11 Å². The molecule has 0 saturated heterocycles. The summed E-state index contributed by atoms with van der Waals surface area (Å²) in [6.07, 6.45) is 1.90. The van der Waals surface area contributed by atoms with Crippen LogP contribution in [0.15, 0.2) is 24.3 Å². The van der Waals surface area contributed by atoms with Crippen LogP contribution in [-0.2, 0) is 16.0 Å². The van der Waals surface area contributed by atoms with Crippen LogP contribution in [0.5, 0.6) is 5.75 Å². The van der Waals surface area contributed by atoms with Gasteiger partial charge in [0.1, 0.15) is 18.5 Å². The van der Waals surface area contributed by atoms with Crippen molar-refractivity contribution in [2.45, 2.75) is 31.5 Å². The number of nitrogens with one attached hydrogen (secondary N) is 1. The molecule has 1 fully saturated rings. The van der Waals surface area contributed by atoms with Crippen LogP contribution >= 0.6 is 0 Å². The van der Waals surface area contributed by atoms with E-state index in [0.29, 0.717) is 19.3 Å². The number of para-hydroxylation sites is 1. The van der Waals surface area contributed by atoms with E-state index in [2.05, 4.69) is 5.32 Å². The highest BCUT2D eigenvalue weighted by atomic mass is 16.5. The second-order valence-electron chi connectivity index (χ2n) is 5.30. The van der Waals surface area contributed by atoms with E-state index < -0.39 is 6.10 Å². The van der Waals surface area contributed by atoms with Crippen molar-refractivity contribution in [3.8, 4) is 5.75 Å². The van der Waals surface area contributed by atoms with Crippen molar-refractivity contribution >= 4 is 0 Å². The molecule has 5 nitrogen and oxygen atoms in total. The first-order chi connectivity index (χ1) is 10.3. The van der Waals surface area contributed by atoms with E-state index in [0.717, 1.165) is 17.9 Å². The predicted octanol–water partition coefficient (Wildman–Crippen LogP) is 1.34. The van der Waals surface area contributed by atoms with Gasteiger partial charge in [-0.2, -0.15) is 0 Å². The molecular weight excluding hydrogens is 270 g/mol. The Morgan fingerprint density at radius 1 is 1.24 bits per heavy atom. The van der Waals surface area contributed by atoms with E-state index in [1.165, 1.54) is 12.8 Å². The first kappa shape index (κ1) is 16.2. The number of aliphatic hydroxyl groups is 1. The van der Waals surface area contributed by atoms with Gasteiger partial charge in [0.2, 0.25) is 0 Å². The largest absolute Gasteiger partial charge is 0.490 e. The minimum absolute atomic E-state index is 0.230. The summed E-state index contributed by atoms with van der Waals surface area (Å²) in [5.74, 6) is 0.821. The average molecular weight is 295 g/mol. The van der Waals surface area contributed by atoms with Crippen LogP contribution in [-0.4, -0.2) is 50.8 Å². The molecule has 1 aliphatic rings. The molecule has 1 unspecified atom stereocenters. The highest BCUT2D eigenvalue weighted by Gasteiger charge is 2.20. The highest BCUT2D eigenvalue weighted by Crippen LogP contribution is 2.22. The lowest BCUT2D eigenvalue weighted by Crippen LogP contribution is -2.25. The Morgan fingerprint density at radius 3 is 2.81 bits per heavy atom. The maximum atomic E-state index is 9.82. The Bertz CT molecular complexity index is 409. The van der Waals surface area contributed by atoms with Crippen molar-refractivity contribution in [3.63, 3.8) is 0 Å². The van der Waals surface area contributed by atoms with Crippen LogP contribution in [0.1, 0.15) is 18.4 Å². The summed E-state index contributed by atoms with van der Waals surface area (Å²) in [4.78, 5) is 0. The molecular formula is C16H25NO4. The third kappa shape index (κ3) is 6.44. The van der Waals surface area contributed by atoms with E-state index >= 15 is 0 Å². The topological polar surface area (TPSA) is 60.0 Å². The molecule has 0 spiro atoms. The zero-order valence-electron chi connectivity index (χ0n) is 12.6. The van der Waals surface area contributed by atoms with E-state index in [-0.39, 0.29) is 13.2 Å². The fourth-order valence-corrected chi connectivity index (χ4v) is 1.93. The van der Waals surface area contributed by atoms with Gasteiger partial charge in [0.15, 0.2) is 0 Å². The van der Waals surface area contributed by atoms with Crippen molar-refractivity contribution in [1.29, 1.82) is 0 Å². The van der Waals surface area contributed by atoms with Gasteiger partial charge in [-0.15, -0.1) is 0 Å². The fraction of sp³-hybridized carbons (Fsp3) is 0.625. The molecule has 1 aliphatic carbocycles. The summed E-state index contributed by atoms with van der Waals surface area (Å²) in [6, 6.07) is 8.59. The molecule has 1 atom stereocenters. The Morgan fingerprint density at radius 2 is 2.05 bits per heavy atom. The predicted molar refractivity (Wildman–Crippen MR) is 80.5 cm³/mol. The minimum atomic E-state index is -0.633. The van der Waals surface area contributed by atoms with Gasteiger partial charge in [0, 0.05) is 25.3 Å². The van der Waals surface area contributed by atoms with Crippen molar-refractivity contribution in [1.82, 2.24) is 5.32 Å². The van der Waals surface area contributed by atoms with E-state index in [4.69, 9.17) is 14.2 Å². The van der Waals surface area contributed by atoms with Crippen molar-refractivity contribution < 1.29 is 19.3 Å². The van der Waals surface area contributed by atoms with Crippen molar-refractivity contribution in [3.05, 3.63) is 29.8 Å². The number of aliphatic hydroxyl groups excluding tert-OH is 1. The lowest BCUT2D eigenvalue weighted by atomic mass is 10.2. The molecule has 0 amide bonds. The first-order valence-electron chi connectivity index (χ1n) is 7.48. The monoisotopic (exact) mass is 295 g/mol. The molecule has 21 heavy (non-hydrogen) atoms. The molecule has 118 valence electrons. The van der Waals surface area contributed by atoms with Gasteiger partial charge in [-0.25, -0.2) is 0 Å². The molecule has 5 heteroatoms. The number of hydrogen-bond acceptors (Lipinski definition) is 5. The summed E-state index contributed by atoms with van der Waals surface area (Å²) in [6.45, 7) is 2.30. The Hall–Kier alpha value is -1.14. The number of hydrogen-bond donors (Lipinski definition) is 2. The molecule has 0 heterocycles. The molecule has 0 aromatic heterocycles. The second-order valence-corrected chi connectivity index (χ2v) is 5.30. The summed E-state index contributed by atoms with van der Waals surface area (Å²) in [5.41, 5.74) is 1.12. The normalized spacial score (nSPS) is 15.9. The van der Waals surface area contributed by atoms with Crippen LogP contribution in [0.2, 0.25) is 0 Å². The highest BCUT2D eigenvalue weighted by molar-refractivity contribution is 5.33. The molecule has 0 bridgehead atoms. The Labute approximate surface area is 126 Å². The lowest BCUT2D eigenvalue weighted by molar-refractivity contribution is -0.00432. The number of rotatable bonds is 11. The molecule has 1 saturated carbocycles. The third-order valence-corrected chi connectivity index (χ3v) is 3.30. The molecule has 0 radical (unpaired) electrons. The number of benzene rings is 1. The zero-order valence-corrected chi connectivity index (χ0v) is 12.6. The summed E-state index contributed by atoms with van der Waals surface area (Å²) in [7, 11) is 1.62. The van der Waals surface area contributed by atoms with E-state index in [9.17, 15) is 5.11 Å². The Kier molecular flexibility index (Phi) is 6.95. The van der Waals surface area contributed by atoms with Crippen LogP contribution in [0.25, 0.3) is 0 Å².